The largest absolute Gasteiger partial charge is 0.550 e. The number of aliphatic carboxylic acids is 2. The van der Waals surface area contributed by atoms with Gasteiger partial charge < -0.3 is 19.8 Å². The molecule has 0 saturated heterocycles. The summed E-state index contributed by atoms with van der Waals surface area (Å²) >= 11 is 0. The van der Waals surface area contributed by atoms with Gasteiger partial charge in [0.1, 0.15) is 0 Å². The summed E-state index contributed by atoms with van der Waals surface area (Å²) in [6.07, 6.45) is 11.5. The Kier molecular flexibility index (Phi) is 8.51. The molecular formula is C18H30O4-2. The third-order valence-corrected chi connectivity index (χ3v) is 5.27. The van der Waals surface area contributed by atoms with E-state index in [1.165, 1.54) is 19.3 Å². The minimum Gasteiger partial charge on any atom is -0.550 e. The monoisotopic (exact) mass is 310 g/mol. The SMILES string of the molecule is CCCCCCC1(C(CCCC(=O)[O-])C(=O)[O-])CCCCC1. The van der Waals surface area contributed by atoms with E-state index in [1.807, 2.05) is 0 Å². The minimum atomic E-state index is -1.10. The maximum atomic E-state index is 11.7. The van der Waals surface area contributed by atoms with Crippen molar-refractivity contribution in [2.75, 3.05) is 0 Å². The number of carbonyl (C=O) groups excluding carboxylic acids is 2. The average molecular weight is 310 g/mol. The zero-order chi connectivity index (χ0) is 16.4. The Morgan fingerprint density at radius 2 is 1.68 bits per heavy atom. The fourth-order valence-corrected chi connectivity index (χ4v) is 4.06. The molecule has 22 heavy (non-hydrogen) atoms. The Bertz CT molecular complexity index is 345. The van der Waals surface area contributed by atoms with Gasteiger partial charge in [-0.25, -0.2) is 0 Å². The molecular weight excluding hydrogens is 280 g/mol. The van der Waals surface area contributed by atoms with Crippen LogP contribution in [0.5, 0.6) is 0 Å². The van der Waals surface area contributed by atoms with Crippen LogP contribution in [0.1, 0.15) is 90.4 Å². The Morgan fingerprint density at radius 3 is 2.23 bits per heavy atom. The third-order valence-electron chi connectivity index (χ3n) is 5.27. The maximum absolute atomic E-state index is 11.7. The molecule has 0 spiro atoms. The summed E-state index contributed by atoms with van der Waals surface area (Å²) in [5.74, 6) is -2.60. The standard InChI is InChI=1S/C18H32O4/c1-2-3-4-6-12-18(13-7-5-8-14-18)15(17(21)22)10-9-11-16(19)20/h15H,2-14H2,1H3,(H,19,20)(H,21,22)/p-2. The molecule has 0 aliphatic heterocycles. The van der Waals surface area contributed by atoms with Gasteiger partial charge in [-0.2, -0.15) is 0 Å². The molecule has 4 nitrogen and oxygen atoms in total. The van der Waals surface area contributed by atoms with Crippen LogP contribution in [0.25, 0.3) is 0 Å². The van der Waals surface area contributed by atoms with Gasteiger partial charge in [0.2, 0.25) is 0 Å². The van der Waals surface area contributed by atoms with Crippen LogP contribution in [-0.4, -0.2) is 11.9 Å². The predicted molar refractivity (Wildman–Crippen MR) is 81.6 cm³/mol. The first-order valence-corrected chi connectivity index (χ1v) is 8.92. The Hall–Kier alpha value is -1.06. The van der Waals surface area contributed by atoms with Crippen molar-refractivity contribution in [3.63, 3.8) is 0 Å². The number of unbranched alkanes of at least 4 members (excludes halogenated alkanes) is 3. The quantitative estimate of drug-likeness (QED) is 0.548. The third kappa shape index (κ3) is 5.98. The summed E-state index contributed by atoms with van der Waals surface area (Å²) in [6, 6.07) is 0. The molecule has 0 radical (unpaired) electrons. The Labute approximate surface area is 134 Å². The Balaban J connectivity index is 2.70. The topological polar surface area (TPSA) is 80.3 Å². The van der Waals surface area contributed by atoms with E-state index in [0.717, 1.165) is 44.9 Å². The van der Waals surface area contributed by atoms with E-state index < -0.39 is 17.9 Å². The van der Waals surface area contributed by atoms with E-state index in [9.17, 15) is 19.8 Å². The molecule has 0 heterocycles. The van der Waals surface area contributed by atoms with Gasteiger partial charge in [-0.1, -0.05) is 51.9 Å². The van der Waals surface area contributed by atoms with Crippen LogP contribution < -0.4 is 10.2 Å². The minimum absolute atomic E-state index is 0.0598. The van der Waals surface area contributed by atoms with E-state index in [0.29, 0.717) is 12.8 Å². The molecule has 1 aliphatic rings. The first kappa shape index (κ1) is 19.0. The highest BCUT2D eigenvalue weighted by molar-refractivity contribution is 5.69. The number of hydrogen-bond donors (Lipinski definition) is 0. The summed E-state index contributed by atoms with van der Waals surface area (Å²) in [6.45, 7) is 2.17. The van der Waals surface area contributed by atoms with Crippen molar-refractivity contribution >= 4 is 11.9 Å². The molecule has 128 valence electrons. The second kappa shape index (κ2) is 9.86. The van der Waals surface area contributed by atoms with Crippen LogP contribution in [0.2, 0.25) is 0 Å². The van der Waals surface area contributed by atoms with Gasteiger partial charge >= 0.3 is 0 Å². The van der Waals surface area contributed by atoms with Crippen LogP contribution in [0.3, 0.4) is 0 Å². The zero-order valence-corrected chi connectivity index (χ0v) is 13.9. The van der Waals surface area contributed by atoms with Gasteiger partial charge in [0.05, 0.1) is 0 Å². The van der Waals surface area contributed by atoms with Crippen LogP contribution in [-0.2, 0) is 9.59 Å². The molecule has 4 heteroatoms. The van der Waals surface area contributed by atoms with Crippen LogP contribution >= 0.6 is 0 Å². The van der Waals surface area contributed by atoms with Crippen molar-refractivity contribution in [2.45, 2.75) is 90.4 Å². The van der Waals surface area contributed by atoms with Gasteiger partial charge in [-0.15, -0.1) is 0 Å². The average Bonchev–Trinajstić information content (AvgIpc) is 2.48. The molecule has 1 aliphatic carbocycles. The van der Waals surface area contributed by atoms with Crippen molar-refractivity contribution in [1.82, 2.24) is 0 Å². The first-order chi connectivity index (χ1) is 10.5. The smallest absolute Gasteiger partial charge is 0.0450 e. The summed E-state index contributed by atoms with van der Waals surface area (Å²) in [7, 11) is 0. The van der Waals surface area contributed by atoms with Crippen molar-refractivity contribution in [3.05, 3.63) is 0 Å². The number of carboxylic acids is 2. The molecule has 1 rings (SSSR count). The van der Waals surface area contributed by atoms with E-state index in [4.69, 9.17) is 0 Å². The van der Waals surface area contributed by atoms with Crippen molar-refractivity contribution < 1.29 is 19.8 Å². The fraction of sp³-hybridized carbons (Fsp3) is 0.889. The molecule has 0 aromatic rings. The van der Waals surface area contributed by atoms with Crippen LogP contribution in [0.4, 0.5) is 0 Å². The highest BCUT2D eigenvalue weighted by atomic mass is 16.4. The lowest BCUT2D eigenvalue weighted by Crippen LogP contribution is -2.44. The van der Waals surface area contributed by atoms with E-state index in [-0.39, 0.29) is 11.8 Å². The number of hydrogen-bond acceptors (Lipinski definition) is 4. The molecule has 0 aromatic heterocycles. The lowest BCUT2D eigenvalue weighted by Gasteiger charge is -2.45. The van der Waals surface area contributed by atoms with E-state index in [1.54, 1.807) is 0 Å². The Morgan fingerprint density at radius 1 is 1.00 bits per heavy atom. The fourth-order valence-electron chi connectivity index (χ4n) is 4.06. The van der Waals surface area contributed by atoms with Gasteiger partial charge in [0.25, 0.3) is 0 Å². The molecule has 0 N–H and O–H groups in total. The lowest BCUT2D eigenvalue weighted by molar-refractivity contribution is -0.317. The number of carboxylic acid groups (broad SMARTS) is 2. The van der Waals surface area contributed by atoms with Gasteiger partial charge in [-0.3, -0.25) is 0 Å². The van der Waals surface area contributed by atoms with Crippen LogP contribution in [0, 0.1) is 11.3 Å². The molecule has 0 aromatic carbocycles. The number of carbonyl (C=O) groups is 2. The summed E-state index contributed by atoms with van der Waals surface area (Å²) < 4.78 is 0. The van der Waals surface area contributed by atoms with Crippen molar-refractivity contribution in [2.24, 2.45) is 11.3 Å². The molecule has 1 atom stereocenters. The second-order valence-electron chi connectivity index (χ2n) is 6.87. The van der Waals surface area contributed by atoms with E-state index in [2.05, 4.69) is 6.92 Å². The van der Waals surface area contributed by atoms with Gasteiger partial charge in [0.15, 0.2) is 0 Å². The summed E-state index contributed by atoms with van der Waals surface area (Å²) in [5.41, 5.74) is -0.170. The molecule has 0 amide bonds. The van der Waals surface area contributed by atoms with E-state index >= 15 is 0 Å². The number of rotatable bonds is 11. The van der Waals surface area contributed by atoms with Crippen molar-refractivity contribution in [3.8, 4) is 0 Å². The summed E-state index contributed by atoms with van der Waals surface area (Å²) in [5, 5.41) is 22.3. The van der Waals surface area contributed by atoms with Gasteiger partial charge in [-0.05, 0) is 43.9 Å². The van der Waals surface area contributed by atoms with Crippen molar-refractivity contribution in [1.29, 1.82) is 0 Å². The molecule has 1 fully saturated rings. The highest BCUT2D eigenvalue weighted by Crippen LogP contribution is 2.48. The molecule has 0 bridgehead atoms. The normalized spacial score (nSPS) is 18.8. The molecule has 1 unspecified atom stereocenters. The summed E-state index contributed by atoms with van der Waals surface area (Å²) in [4.78, 5) is 22.3. The predicted octanol–water partition coefficient (Wildman–Crippen LogP) is 2.19. The highest BCUT2D eigenvalue weighted by Gasteiger charge is 2.39. The zero-order valence-electron chi connectivity index (χ0n) is 13.9. The first-order valence-electron chi connectivity index (χ1n) is 8.92. The maximum Gasteiger partial charge on any atom is 0.0450 e. The van der Waals surface area contributed by atoms with Crippen LogP contribution in [0.15, 0.2) is 0 Å². The van der Waals surface area contributed by atoms with Gasteiger partial charge in [0, 0.05) is 17.9 Å². The second-order valence-corrected chi connectivity index (χ2v) is 6.87. The molecule has 1 saturated carbocycles. The lowest BCUT2D eigenvalue weighted by atomic mass is 9.62.